The van der Waals surface area contributed by atoms with Crippen LogP contribution in [0.25, 0.3) is 0 Å². The number of benzene rings is 1. The maximum Gasteiger partial charge on any atom is 0.115 e. The van der Waals surface area contributed by atoms with E-state index in [-0.39, 0.29) is 6.10 Å². The standard InChI is InChI=1S/C11H10BrIO/c1-7-3-2-4-8(5-7)11-10(12)9(13)6-14-11/h2-5,11H,6H2,1H3. The van der Waals surface area contributed by atoms with E-state index in [4.69, 9.17) is 4.74 Å². The van der Waals surface area contributed by atoms with Gasteiger partial charge in [0.1, 0.15) is 6.10 Å². The van der Waals surface area contributed by atoms with Gasteiger partial charge in [0.25, 0.3) is 0 Å². The molecule has 74 valence electrons. The SMILES string of the molecule is Cc1cccc(C2OCC(I)=C2Br)c1. The molecule has 0 saturated carbocycles. The summed E-state index contributed by atoms with van der Waals surface area (Å²) in [5.74, 6) is 0. The maximum atomic E-state index is 5.69. The highest BCUT2D eigenvalue weighted by Gasteiger charge is 2.24. The summed E-state index contributed by atoms with van der Waals surface area (Å²) in [6, 6.07) is 8.44. The van der Waals surface area contributed by atoms with E-state index >= 15 is 0 Å². The summed E-state index contributed by atoms with van der Waals surface area (Å²) in [6.45, 7) is 2.82. The van der Waals surface area contributed by atoms with Gasteiger partial charge in [-0.15, -0.1) is 0 Å². The molecule has 0 spiro atoms. The van der Waals surface area contributed by atoms with Crippen molar-refractivity contribution < 1.29 is 4.74 Å². The van der Waals surface area contributed by atoms with Crippen LogP contribution >= 0.6 is 38.5 Å². The minimum Gasteiger partial charge on any atom is -0.363 e. The van der Waals surface area contributed by atoms with Crippen molar-refractivity contribution in [3.05, 3.63) is 43.5 Å². The van der Waals surface area contributed by atoms with Crippen molar-refractivity contribution in [2.75, 3.05) is 6.61 Å². The third kappa shape index (κ3) is 2.04. The monoisotopic (exact) mass is 364 g/mol. The second-order valence-electron chi connectivity index (χ2n) is 3.36. The lowest BCUT2D eigenvalue weighted by molar-refractivity contribution is 0.127. The first-order valence-electron chi connectivity index (χ1n) is 4.40. The molecule has 0 N–H and O–H groups in total. The highest BCUT2D eigenvalue weighted by molar-refractivity contribution is 14.1. The fourth-order valence-corrected chi connectivity index (χ4v) is 2.49. The molecule has 1 aliphatic heterocycles. The summed E-state index contributed by atoms with van der Waals surface area (Å²) in [4.78, 5) is 0. The van der Waals surface area contributed by atoms with E-state index in [9.17, 15) is 0 Å². The van der Waals surface area contributed by atoms with Crippen molar-refractivity contribution >= 4 is 38.5 Å². The normalized spacial score (nSPS) is 21.8. The second kappa shape index (κ2) is 4.33. The highest BCUT2D eigenvalue weighted by Crippen LogP contribution is 2.40. The van der Waals surface area contributed by atoms with Gasteiger partial charge >= 0.3 is 0 Å². The van der Waals surface area contributed by atoms with Gasteiger partial charge in [0.05, 0.1) is 6.61 Å². The van der Waals surface area contributed by atoms with Gasteiger partial charge in [0.15, 0.2) is 0 Å². The lowest BCUT2D eigenvalue weighted by Crippen LogP contribution is -1.97. The van der Waals surface area contributed by atoms with Gasteiger partial charge in [-0.1, -0.05) is 45.8 Å². The molecular formula is C11H10BrIO. The largest absolute Gasteiger partial charge is 0.363 e. The predicted octanol–water partition coefficient (Wildman–Crippen LogP) is 4.11. The van der Waals surface area contributed by atoms with Crippen LogP contribution in [0.4, 0.5) is 0 Å². The van der Waals surface area contributed by atoms with Crippen molar-refractivity contribution in [1.82, 2.24) is 0 Å². The molecule has 1 atom stereocenters. The maximum absolute atomic E-state index is 5.69. The van der Waals surface area contributed by atoms with Crippen LogP contribution in [0.2, 0.25) is 0 Å². The van der Waals surface area contributed by atoms with E-state index in [1.807, 2.05) is 0 Å². The minimum atomic E-state index is 0.0989. The number of hydrogen-bond donors (Lipinski definition) is 0. The Labute approximate surface area is 106 Å². The van der Waals surface area contributed by atoms with Gasteiger partial charge in [-0.2, -0.15) is 0 Å². The smallest absolute Gasteiger partial charge is 0.115 e. The molecule has 0 bridgehead atoms. The Balaban J connectivity index is 2.33. The third-order valence-corrected chi connectivity index (χ3v) is 4.74. The van der Waals surface area contributed by atoms with Gasteiger partial charge in [0.2, 0.25) is 0 Å². The summed E-state index contributed by atoms with van der Waals surface area (Å²) in [5.41, 5.74) is 2.50. The Bertz CT molecular complexity index is 387. The average molecular weight is 365 g/mol. The molecule has 1 heterocycles. The molecule has 1 unspecified atom stereocenters. The first-order valence-corrected chi connectivity index (χ1v) is 6.28. The molecule has 0 aliphatic carbocycles. The number of ether oxygens (including phenoxy) is 1. The van der Waals surface area contributed by atoms with Gasteiger partial charge in [-0.25, -0.2) is 0 Å². The minimum absolute atomic E-state index is 0.0989. The Morgan fingerprint density at radius 3 is 2.86 bits per heavy atom. The van der Waals surface area contributed by atoms with Crippen LogP contribution in [0.3, 0.4) is 0 Å². The summed E-state index contributed by atoms with van der Waals surface area (Å²) in [5, 5.41) is 0. The molecule has 1 aromatic rings. The lowest BCUT2D eigenvalue weighted by atomic mass is 10.1. The number of rotatable bonds is 1. The fraction of sp³-hybridized carbons (Fsp3) is 0.273. The Morgan fingerprint density at radius 2 is 2.29 bits per heavy atom. The molecule has 0 fully saturated rings. The molecular weight excluding hydrogens is 355 g/mol. The van der Waals surface area contributed by atoms with Gasteiger partial charge in [-0.05, 0) is 35.1 Å². The van der Waals surface area contributed by atoms with E-state index in [0.29, 0.717) is 0 Å². The van der Waals surface area contributed by atoms with E-state index in [2.05, 4.69) is 69.7 Å². The van der Waals surface area contributed by atoms with Crippen molar-refractivity contribution in [1.29, 1.82) is 0 Å². The van der Waals surface area contributed by atoms with E-state index in [1.54, 1.807) is 0 Å². The van der Waals surface area contributed by atoms with E-state index in [0.717, 1.165) is 6.61 Å². The Hall–Kier alpha value is 0.130. The van der Waals surface area contributed by atoms with Gasteiger partial charge in [0, 0.05) is 8.06 Å². The molecule has 0 aromatic heterocycles. The topological polar surface area (TPSA) is 9.23 Å². The van der Waals surface area contributed by atoms with Crippen LogP contribution in [-0.4, -0.2) is 6.61 Å². The number of halogens is 2. The highest BCUT2D eigenvalue weighted by atomic mass is 127. The zero-order valence-corrected chi connectivity index (χ0v) is 11.5. The van der Waals surface area contributed by atoms with Crippen LogP contribution < -0.4 is 0 Å². The molecule has 1 aliphatic rings. The van der Waals surface area contributed by atoms with Crippen LogP contribution in [0, 0.1) is 6.92 Å². The zero-order chi connectivity index (χ0) is 10.1. The van der Waals surface area contributed by atoms with Crippen molar-refractivity contribution in [2.24, 2.45) is 0 Å². The van der Waals surface area contributed by atoms with Gasteiger partial charge < -0.3 is 4.74 Å². The van der Waals surface area contributed by atoms with Crippen molar-refractivity contribution in [2.45, 2.75) is 13.0 Å². The first-order chi connectivity index (χ1) is 6.68. The Kier molecular flexibility index (Phi) is 3.29. The van der Waals surface area contributed by atoms with Crippen molar-refractivity contribution in [3.8, 4) is 0 Å². The van der Waals surface area contributed by atoms with E-state index < -0.39 is 0 Å². The summed E-state index contributed by atoms with van der Waals surface area (Å²) >= 11 is 5.89. The zero-order valence-electron chi connectivity index (χ0n) is 7.76. The first kappa shape index (κ1) is 10.6. The molecule has 3 heteroatoms. The second-order valence-corrected chi connectivity index (χ2v) is 5.51. The van der Waals surface area contributed by atoms with Crippen molar-refractivity contribution in [3.63, 3.8) is 0 Å². The summed E-state index contributed by atoms with van der Waals surface area (Å²) < 4.78 is 8.12. The van der Waals surface area contributed by atoms with E-state index in [1.165, 1.54) is 19.2 Å². The predicted molar refractivity (Wildman–Crippen MR) is 69.8 cm³/mol. The van der Waals surface area contributed by atoms with Crippen LogP contribution in [0.1, 0.15) is 17.2 Å². The van der Waals surface area contributed by atoms with Crippen LogP contribution in [-0.2, 0) is 4.74 Å². The summed E-state index contributed by atoms with van der Waals surface area (Å²) in [6.07, 6.45) is 0.0989. The van der Waals surface area contributed by atoms with Gasteiger partial charge in [-0.3, -0.25) is 0 Å². The molecule has 2 rings (SSSR count). The molecule has 14 heavy (non-hydrogen) atoms. The lowest BCUT2D eigenvalue weighted by Gasteiger charge is -2.11. The summed E-state index contributed by atoms with van der Waals surface area (Å²) in [7, 11) is 0. The molecule has 1 nitrogen and oxygen atoms in total. The molecule has 1 aromatic carbocycles. The molecule has 0 amide bonds. The Morgan fingerprint density at radius 1 is 1.50 bits per heavy atom. The number of aryl methyl sites for hydroxylation is 1. The molecule has 0 saturated heterocycles. The van der Waals surface area contributed by atoms with Crippen LogP contribution in [0.5, 0.6) is 0 Å². The average Bonchev–Trinajstić information content (AvgIpc) is 2.48. The third-order valence-electron chi connectivity index (χ3n) is 2.21. The molecule has 0 radical (unpaired) electrons. The quantitative estimate of drug-likeness (QED) is 0.681. The number of hydrogen-bond acceptors (Lipinski definition) is 1. The fourth-order valence-electron chi connectivity index (χ4n) is 1.52. The van der Waals surface area contributed by atoms with Crippen LogP contribution in [0.15, 0.2) is 32.3 Å².